The van der Waals surface area contributed by atoms with Gasteiger partial charge in [-0.2, -0.15) is 5.26 Å². The maximum absolute atomic E-state index is 16.4. The number of anilines is 1. The van der Waals surface area contributed by atoms with Crippen LogP contribution in [0.1, 0.15) is 29.7 Å². The van der Waals surface area contributed by atoms with Crippen LogP contribution in [0.25, 0.3) is 28.3 Å². The highest BCUT2D eigenvalue weighted by molar-refractivity contribution is 5.94. The van der Waals surface area contributed by atoms with Crippen LogP contribution < -0.4 is 20.4 Å². The van der Waals surface area contributed by atoms with Crippen molar-refractivity contribution < 1.29 is 28.6 Å². The van der Waals surface area contributed by atoms with Crippen LogP contribution in [0.5, 0.6) is 11.5 Å². The van der Waals surface area contributed by atoms with Crippen molar-refractivity contribution in [2.45, 2.75) is 25.4 Å². The number of amides is 1. The first-order chi connectivity index (χ1) is 21.8. The Morgan fingerprint density at radius 3 is 2.47 bits per heavy atom. The van der Waals surface area contributed by atoms with Crippen LogP contribution in [0.15, 0.2) is 72.8 Å². The third kappa shape index (κ3) is 7.06. The number of methoxy groups -OCH3 is 1. The van der Waals surface area contributed by atoms with Crippen LogP contribution >= 0.6 is 0 Å². The number of ether oxygens (including phenoxy) is 1. The molecule has 4 aromatic rings. The first-order valence-corrected chi connectivity index (χ1v) is 14.1. The fourth-order valence-electron chi connectivity index (χ4n) is 5.22. The number of piperidine rings is 1. The molecule has 0 bridgehead atoms. The number of halogens is 2. The van der Waals surface area contributed by atoms with E-state index in [1.165, 1.54) is 30.9 Å². The third-order valence-electron chi connectivity index (χ3n) is 7.64. The average molecular weight is 613 g/mol. The van der Waals surface area contributed by atoms with Crippen molar-refractivity contribution in [3.8, 4) is 39.8 Å². The van der Waals surface area contributed by atoms with Gasteiger partial charge in [0.25, 0.3) is 0 Å². The molecule has 4 N–H and O–H groups in total. The summed E-state index contributed by atoms with van der Waals surface area (Å²) < 4.78 is 35.2. The minimum Gasteiger partial charge on any atom is -0.504 e. The van der Waals surface area contributed by atoms with Gasteiger partial charge < -0.3 is 20.1 Å². The maximum atomic E-state index is 16.4. The summed E-state index contributed by atoms with van der Waals surface area (Å²) in [6.07, 6.45) is 5.55. The highest BCUT2D eigenvalue weighted by Crippen LogP contribution is 2.40. The molecule has 1 fully saturated rings. The van der Waals surface area contributed by atoms with Gasteiger partial charge in [0.15, 0.2) is 29.0 Å². The minimum atomic E-state index is -1.21. The molecular formula is C33H30F2N6O4. The quantitative estimate of drug-likeness (QED) is 0.115. The molecular weight excluding hydrogens is 582 g/mol. The molecule has 2 aromatic carbocycles. The van der Waals surface area contributed by atoms with E-state index in [4.69, 9.17) is 9.94 Å². The Hall–Kier alpha value is -5.38. The Balaban J connectivity index is 1.30. The van der Waals surface area contributed by atoms with Gasteiger partial charge in [-0.05, 0) is 59.9 Å². The number of carbonyl (C=O) groups excluding carboxylic acids is 1. The maximum Gasteiger partial charge on any atom is 0.303 e. The van der Waals surface area contributed by atoms with Crippen LogP contribution in [-0.2, 0) is 11.3 Å². The summed E-state index contributed by atoms with van der Waals surface area (Å²) >= 11 is 0. The largest absolute Gasteiger partial charge is 0.504 e. The molecule has 0 atom stereocenters. The number of phenols is 1. The Bertz CT molecular complexity index is 1750. The van der Waals surface area contributed by atoms with E-state index in [-0.39, 0.29) is 34.6 Å². The van der Waals surface area contributed by atoms with Crippen molar-refractivity contribution in [3.05, 3.63) is 95.5 Å². The van der Waals surface area contributed by atoms with Gasteiger partial charge in [0.2, 0.25) is 0 Å². The SMILES string of the molecule is COc1ccc(-c2cnc(N3CCC(NCc4ccc(/C=C(/F)C(=O)NO)cc4)CC3)c(F)c2-c2ccc(C#N)nc2)cc1O. The number of nitrogens with one attached hydrogen (secondary N) is 2. The number of hydroxylamine groups is 1. The summed E-state index contributed by atoms with van der Waals surface area (Å²) in [6.45, 7) is 1.69. The van der Waals surface area contributed by atoms with Crippen molar-refractivity contribution in [2.75, 3.05) is 25.1 Å². The van der Waals surface area contributed by atoms with E-state index in [0.29, 0.717) is 41.9 Å². The first-order valence-electron chi connectivity index (χ1n) is 14.1. The van der Waals surface area contributed by atoms with E-state index in [1.807, 2.05) is 23.1 Å². The van der Waals surface area contributed by atoms with Crippen molar-refractivity contribution in [1.29, 1.82) is 5.26 Å². The van der Waals surface area contributed by atoms with Crippen LogP contribution in [0.4, 0.5) is 14.6 Å². The summed E-state index contributed by atoms with van der Waals surface area (Å²) in [4.78, 5) is 21.7. The predicted molar refractivity (Wildman–Crippen MR) is 163 cm³/mol. The number of nitriles is 1. The molecule has 0 radical (unpaired) electrons. The van der Waals surface area contributed by atoms with Crippen LogP contribution in [0, 0.1) is 17.1 Å². The van der Waals surface area contributed by atoms with Gasteiger partial charge in [-0.25, -0.2) is 24.2 Å². The molecule has 10 nitrogen and oxygen atoms in total. The van der Waals surface area contributed by atoms with Crippen molar-refractivity contribution >= 4 is 17.8 Å². The molecule has 12 heteroatoms. The number of hydrogen-bond donors (Lipinski definition) is 4. The number of hydrogen-bond acceptors (Lipinski definition) is 9. The van der Waals surface area contributed by atoms with E-state index in [1.54, 1.807) is 36.5 Å². The summed E-state index contributed by atoms with van der Waals surface area (Å²) in [5, 5.41) is 31.6. The second-order valence-corrected chi connectivity index (χ2v) is 10.4. The molecule has 0 aliphatic carbocycles. The summed E-state index contributed by atoms with van der Waals surface area (Å²) in [6, 6.07) is 17.1. The summed E-state index contributed by atoms with van der Waals surface area (Å²) in [7, 11) is 1.45. The van der Waals surface area contributed by atoms with Gasteiger partial charge in [-0.3, -0.25) is 10.0 Å². The zero-order chi connectivity index (χ0) is 31.9. The van der Waals surface area contributed by atoms with Gasteiger partial charge >= 0.3 is 5.91 Å². The Kier molecular flexibility index (Phi) is 9.62. The van der Waals surface area contributed by atoms with E-state index < -0.39 is 17.6 Å². The standard InChI is InChI=1S/C33H30F2N6O4/c1-45-29-9-7-22(15-28(29)42)26-19-39-32(31(35)30(26)23-6-8-25(16-36)38-18-23)41-12-10-24(11-13-41)37-17-21-4-2-20(3-5-21)14-27(34)33(43)40-44/h2-9,14-15,18-19,24,37,42,44H,10-13,17H2,1H3,(H,40,43)/b27-14+. The molecule has 230 valence electrons. The molecule has 1 aliphatic rings. The second-order valence-electron chi connectivity index (χ2n) is 10.4. The van der Waals surface area contributed by atoms with Crippen molar-refractivity contribution in [2.24, 2.45) is 0 Å². The van der Waals surface area contributed by atoms with Gasteiger partial charge in [-0.15, -0.1) is 0 Å². The number of phenolic OH excluding ortho intramolecular Hbond substituents is 1. The highest BCUT2D eigenvalue weighted by atomic mass is 19.1. The average Bonchev–Trinajstić information content (AvgIpc) is 3.07. The lowest BCUT2D eigenvalue weighted by molar-refractivity contribution is -0.126. The third-order valence-corrected chi connectivity index (χ3v) is 7.64. The van der Waals surface area contributed by atoms with E-state index in [2.05, 4.69) is 15.3 Å². The topological polar surface area (TPSA) is 144 Å². The van der Waals surface area contributed by atoms with Crippen molar-refractivity contribution in [1.82, 2.24) is 20.8 Å². The molecule has 45 heavy (non-hydrogen) atoms. The van der Waals surface area contributed by atoms with Gasteiger partial charge in [-0.1, -0.05) is 30.3 Å². The second kappa shape index (κ2) is 13.9. The molecule has 0 unspecified atom stereocenters. The zero-order valence-corrected chi connectivity index (χ0v) is 24.3. The van der Waals surface area contributed by atoms with Gasteiger partial charge in [0.1, 0.15) is 11.8 Å². The normalized spacial score (nSPS) is 13.8. The minimum absolute atomic E-state index is 0.0910. The van der Waals surface area contributed by atoms with Gasteiger partial charge in [0.05, 0.1) is 7.11 Å². The molecule has 0 saturated carbocycles. The fourth-order valence-corrected chi connectivity index (χ4v) is 5.22. The van der Waals surface area contributed by atoms with E-state index in [0.717, 1.165) is 24.5 Å². The number of nitrogens with zero attached hydrogens (tertiary/aromatic N) is 4. The Labute approximate surface area is 258 Å². The van der Waals surface area contributed by atoms with Crippen LogP contribution in [0.3, 0.4) is 0 Å². The van der Waals surface area contributed by atoms with Crippen LogP contribution in [-0.4, -0.2) is 52.4 Å². The zero-order valence-electron chi connectivity index (χ0n) is 24.3. The van der Waals surface area contributed by atoms with Gasteiger partial charge in [0, 0.05) is 54.8 Å². The summed E-state index contributed by atoms with van der Waals surface area (Å²) in [5.74, 6) is -2.43. The molecule has 3 heterocycles. The monoisotopic (exact) mass is 612 g/mol. The lowest BCUT2D eigenvalue weighted by atomic mass is 9.95. The lowest BCUT2D eigenvalue weighted by Gasteiger charge is -2.34. The van der Waals surface area contributed by atoms with E-state index >= 15 is 4.39 Å². The number of pyridine rings is 2. The molecule has 5 rings (SSSR count). The fraction of sp³-hybridized carbons (Fsp3) is 0.212. The molecule has 1 saturated heterocycles. The first kappa shape index (κ1) is 31.1. The van der Waals surface area contributed by atoms with E-state index in [9.17, 15) is 19.6 Å². The number of carbonyl (C=O) groups is 1. The number of rotatable bonds is 9. The molecule has 0 spiro atoms. The predicted octanol–water partition coefficient (Wildman–Crippen LogP) is 5.11. The lowest BCUT2D eigenvalue weighted by Crippen LogP contribution is -2.43. The highest BCUT2D eigenvalue weighted by Gasteiger charge is 2.26. The Morgan fingerprint density at radius 1 is 1.11 bits per heavy atom. The number of aromatic hydroxyl groups is 1. The smallest absolute Gasteiger partial charge is 0.303 e. The Morgan fingerprint density at radius 2 is 1.84 bits per heavy atom. The molecule has 1 aliphatic heterocycles. The van der Waals surface area contributed by atoms with Crippen LogP contribution in [0.2, 0.25) is 0 Å². The number of aromatic nitrogens is 2. The summed E-state index contributed by atoms with van der Waals surface area (Å²) in [5.41, 5.74) is 4.64. The number of benzene rings is 2. The van der Waals surface area contributed by atoms with Crippen molar-refractivity contribution in [3.63, 3.8) is 0 Å². The molecule has 2 aromatic heterocycles. The molecule has 1 amide bonds.